The molecule has 228 valence electrons. The van der Waals surface area contributed by atoms with Gasteiger partial charge in [-0.3, -0.25) is 14.4 Å². The lowest BCUT2D eigenvalue weighted by Crippen LogP contribution is -2.82. The van der Waals surface area contributed by atoms with E-state index in [-0.39, 0.29) is 30.6 Å². The number of fused-ring (bicyclic) bond motifs is 5. The van der Waals surface area contributed by atoms with Gasteiger partial charge in [-0.2, -0.15) is 0 Å². The van der Waals surface area contributed by atoms with Gasteiger partial charge in [0, 0.05) is 32.1 Å². The Bertz CT molecular complexity index is 1350. The fourth-order valence-electron chi connectivity index (χ4n) is 8.12. The molecule has 5 rings (SSSR count). The fraction of sp³-hybridized carbons (Fsp3) is 0.613. The van der Waals surface area contributed by atoms with Crippen molar-refractivity contribution in [3.05, 3.63) is 47.0 Å². The van der Waals surface area contributed by atoms with Crippen molar-refractivity contribution >= 4 is 23.7 Å². The van der Waals surface area contributed by atoms with Crippen molar-refractivity contribution < 1.29 is 53.4 Å². The first kappa shape index (κ1) is 30.3. The molecule has 1 heterocycles. The van der Waals surface area contributed by atoms with Crippen LogP contribution in [0.15, 0.2) is 41.5 Å². The largest absolute Gasteiger partial charge is 0.454 e. The van der Waals surface area contributed by atoms with Gasteiger partial charge in [-0.05, 0) is 37.1 Å². The van der Waals surface area contributed by atoms with E-state index in [1.807, 2.05) is 0 Å². The smallest absolute Gasteiger partial charge is 0.338 e. The molecule has 1 aliphatic heterocycles. The van der Waals surface area contributed by atoms with E-state index < -0.39 is 82.2 Å². The van der Waals surface area contributed by atoms with Gasteiger partial charge in [-0.1, -0.05) is 32.0 Å². The van der Waals surface area contributed by atoms with Crippen molar-refractivity contribution in [2.45, 2.75) is 96.1 Å². The highest BCUT2D eigenvalue weighted by atomic mass is 16.6. The highest BCUT2D eigenvalue weighted by Gasteiger charge is 2.78. The predicted octanol–water partition coefficient (Wildman–Crippen LogP) is 1.65. The van der Waals surface area contributed by atoms with Crippen molar-refractivity contribution in [2.24, 2.45) is 16.7 Å². The molecule has 2 saturated carbocycles. The van der Waals surface area contributed by atoms with Crippen LogP contribution in [-0.4, -0.2) is 87.3 Å². The minimum absolute atomic E-state index is 0.105. The molecule has 42 heavy (non-hydrogen) atoms. The number of ether oxygens (including phenoxy) is 4. The highest BCUT2D eigenvalue weighted by molar-refractivity contribution is 5.94. The summed E-state index contributed by atoms with van der Waals surface area (Å²) in [7, 11) is 0. The van der Waals surface area contributed by atoms with Crippen molar-refractivity contribution in [1.82, 2.24) is 0 Å². The molecule has 3 N–H and O–H groups in total. The van der Waals surface area contributed by atoms with Gasteiger partial charge < -0.3 is 34.3 Å². The number of esters is 3. The molecule has 3 aliphatic carbocycles. The monoisotopic (exact) mass is 586 g/mol. The summed E-state index contributed by atoms with van der Waals surface area (Å²) >= 11 is 0. The number of aliphatic hydroxyl groups excluding tert-OH is 3. The van der Waals surface area contributed by atoms with Gasteiger partial charge in [0.15, 0.2) is 23.1 Å². The van der Waals surface area contributed by atoms with E-state index >= 15 is 0 Å². The SMILES string of the molecule is CC(=O)O[C@@]12CO[C@@H]1C[C@H](O)[C@@]1(C)C(=O)[C@H](O)C3=C(C)[C@@H](O)C[C@@](OC(C)=O)([C@@H](OC(=O)c4ccccc4)[C@H]21)C3(C)C. The highest BCUT2D eigenvalue weighted by Crippen LogP contribution is 2.64. The maximum atomic E-state index is 14.5. The number of Topliss-reactive ketones (excluding diaryl/α,β-unsaturated/α-hetero) is 1. The summed E-state index contributed by atoms with van der Waals surface area (Å²) < 4.78 is 24.2. The minimum atomic E-state index is -1.89. The average molecular weight is 587 g/mol. The molecular weight excluding hydrogens is 548 g/mol. The van der Waals surface area contributed by atoms with Crippen LogP contribution in [0.25, 0.3) is 0 Å². The second-order valence-corrected chi connectivity index (χ2v) is 12.7. The van der Waals surface area contributed by atoms with Crippen molar-refractivity contribution in [3.8, 4) is 0 Å². The normalized spacial score (nSPS) is 40.4. The summed E-state index contributed by atoms with van der Waals surface area (Å²) in [5, 5.41) is 34.7. The van der Waals surface area contributed by atoms with Gasteiger partial charge in [0.25, 0.3) is 0 Å². The van der Waals surface area contributed by atoms with E-state index in [1.54, 1.807) is 39.0 Å². The molecular formula is C31H38O11. The van der Waals surface area contributed by atoms with E-state index in [0.29, 0.717) is 5.57 Å². The van der Waals surface area contributed by atoms with Crippen LogP contribution >= 0.6 is 0 Å². The van der Waals surface area contributed by atoms with E-state index in [0.717, 1.165) is 0 Å². The predicted molar refractivity (Wildman–Crippen MR) is 145 cm³/mol. The number of hydrogen-bond donors (Lipinski definition) is 3. The molecule has 1 aromatic rings. The number of rotatable bonds is 4. The quantitative estimate of drug-likeness (QED) is 0.267. The molecule has 11 heteroatoms. The molecule has 4 aliphatic rings. The second kappa shape index (κ2) is 9.97. The standard InChI is InChI=1S/C31H38O11/c1-15-19(34)13-31(42-17(3)33)26(40-27(38)18-10-8-7-9-11-18)24-29(6,25(37)23(36)22(15)28(31,4)5)20(35)12-21-30(24,14-39-21)41-16(2)32/h7-11,19-21,23-24,26,34-36H,12-14H2,1-6H3/t19-,20-,21+,23+,24-,26-,29+,30-,31+/m0/s1. The molecule has 3 fully saturated rings. The van der Waals surface area contributed by atoms with Gasteiger partial charge in [0.1, 0.15) is 12.2 Å². The van der Waals surface area contributed by atoms with Crippen LogP contribution < -0.4 is 0 Å². The van der Waals surface area contributed by atoms with Crippen LogP contribution in [0.1, 0.15) is 64.7 Å². The molecule has 0 unspecified atom stereocenters. The van der Waals surface area contributed by atoms with Crippen LogP contribution in [0.5, 0.6) is 0 Å². The second-order valence-electron chi connectivity index (χ2n) is 12.7. The number of ketones is 1. The Labute approximate surface area is 243 Å². The lowest BCUT2D eigenvalue weighted by atomic mass is 9.44. The summed E-state index contributed by atoms with van der Waals surface area (Å²) in [6.45, 7) is 8.48. The van der Waals surface area contributed by atoms with E-state index in [9.17, 15) is 34.5 Å². The first-order valence-electron chi connectivity index (χ1n) is 14.1. The third kappa shape index (κ3) is 4.00. The lowest BCUT2D eigenvalue weighted by molar-refractivity contribution is -0.346. The average Bonchev–Trinajstić information content (AvgIpc) is 2.90. The zero-order valence-electron chi connectivity index (χ0n) is 24.6. The summed E-state index contributed by atoms with van der Waals surface area (Å²) in [6, 6.07) is 8.05. The summed E-state index contributed by atoms with van der Waals surface area (Å²) in [6.07, 6.45) is -7.40. The third-order valence-electron chi connectivity index (χ3n) is 10.2. The van der Waals surface area contributed by atoms with Gasteiger partial charge in [-0.25, -0.2) is 4.79 Å². The molecule has 0 aromatic heterocycles. The number of aliphatic hydroxyl groups is 3. The van der Waals surface area contributed by atoms with E-state index in [2.05, 4.69) is 0 Å². The molecule has 0 amide bonds. The molecule has 1 saturated heterocycles. The van der Waals surface area contributed by atoms with Crippen molar-refractivity contribution in [3.63, 3.8) is 0 Å². The number of hydrogen-bond acceptors (Lipinski definition) is 11. The summed E-state index contributed by atoms with van der Waals surface area (Å²) in [5.41, 5.74) is -6.20. The number of carbonyl (C=O) groups is 4. The van der Waals surface area contributed by atoms with Gasteiger partial charge in [0.2, 0.25) is 0 Å². The Morgan fingerprint density at radius 3 is 2.14 bits per heavy atom. The van der Waals surface area contributed by atoms with Crippen LogP contribution in [0.4, 0.5) is 0 Å². The van der Waals surface area contributed by atoms with Crippen LogP contribution in [0.3, 0.4) is 0 Å². The zero-order valence-corrected chi connectivity index (χ0v) is 24.6. The van der Waals surface area contributed by atoms with Crippen molar-refractivity contribution in [1.29, 1.82) is 0 Å². The lowest BCUT2D eigenvalue weighted by Gasteiger charge is -2.67. The fourth-order valence-corrected chi connectivity index (χ4v) is 8.12. The summed E-state index contributed by atoms with van der Waals surface area (Å²) in [4.78, 5) is 53.8. The summed E-state index contributed by atoms with van der Waals surface area (Å²) in [5.74, 6) is -4.46. The molecule has 0 radical (unpaired) electrons. The molecule has 11 nitrogen and oxygen atoms in total. The third-order valence-corrected chi connectivity index (χ3v) is 10.2. The number of carbonyl (C=O) groups excluding carboxylic acids is 4. The first-order chi connectivity index (χ1) is 19.5. The Morgan fingerprint density at radius 2 is 1.60 bits per heavy atom. The van der Waals surface area contributed by atoms with Gasteiger partial charge in [-0.15, -0.1) is 0 Å². The molecule has 2 bridgehead atoms. The topological polar surface area (TPSA) is 166 Å². The Morgan fingerprint density at radius 1 is 0.976 bits per heavy atom. The molecule has 1 aromatic carbocycles. The zero-order chi connectivity index (χ0) is 31.0. The number of benzene rings is 1. The van der Waals surface area contributed by atoms with E-state index in [1.165, 1.54) is 32.9 Å². The van der Waals surface area contributed by atoms with Gasteiger partial charge in [0.05, 0.1) is 35.7 Å². The molecule has 9 atom stereocenters. The van der Waals surface area contributed by atoms with Crippen molar-refractivity contribution in [2.75, 3.05) is 6.61 Å². The van der Waals surface area contributed by atoms with Crippen LogP contribution in [0, 0.1) is 16.7 Å². The Hall–Kier alpha value is -3.12. The van der Waals surface area contributed by atoms with Crippen LogP contribution in [-0.2, 0) is 33.3 Å². The van der Waals surface area contributed by atoms with Crippen LogP contribution in [0.2, 0.25) is 0 Å². The first-order valence-corrected chi connectivity index (χ1v) is 14.1. The minimum Gasteiger partial charge on any atom is -0.454 e. The Kier molecular flexibility index (Phi) is 7.20. The Balaban J connectivity index is 1.88. The van der Waals surface area contributed by atoms with E-state index in [4.69, 9.17) is 18.9 Å². The van der Waals surface area contributed by atoms with Gasteiger partial charge >= 0.3 is 17.9 Å². The maximum absolute atomic E-state index is 14.5. The molecule has 0 spiro atoms. The maximum Gasteiger partial charge on any atom is 0.338 e.